The van der Waals surface area contributed by atoms with Gasteiger partial charge in [0.1, 0.15) is 10.8 Å². The van der Waals surface area contributed by atoms with E-state index in [1.54, 1.807) is 42.3 Å². The summed E-state index contributed by atoms with van der Waals surface area (Å²) in [5.74, 6) is 2.39. The molecule has 4 aromatic rings. The molecular weight excluding hydrogens is 459 g/mol. The Morgan fingerprint density at radius 2 is 2.00 bits per heavy atom. The zero-order valence-corrected chi connectivity index (χ0v) is 20.0. The standard InChI is InChI=1S/C24H23FN4O2S2/c1-3-31-20-11-8-15(12-21(20)30-2)23-26-16(13-32-23)14-33-24-28-27-22(29(24)17-9-10-17)18-6-4-5-7-19(18)25/h4-8,11-13,17H,3,9-10,14H2,1-2H3. The minimum absolute atomic E-state index is 0.279. The van der Waals surface area contributed by atoms with Gasteiger partial charge in [0.05, 0.1) is 25.0 Å². The van der Waals surface area contributed by atoms with Crippen molar-refractivity contribution in [2.24, 2.45) is 0 Å². The van der Waals surface area contributed by atoms with Gasteiger partial charge in [-0.3, -0.25) is 4.57 Å². The summed E-state index contributed by atoms with van der Waals surface area (Å²) < 4.78 is 27.5. The molecule has 5 rings (SSSR count). The van der Waals surface area contributed by atoms with Crippen LogP contribution in [0.15, 0.2) is 53.0 Å². The quantitative estimate of drug-likeness (QED) is 0.263. The van der Waals surface area contributed by atoms with Crippen molar-refractivity contribution in [3.63, 3.8) is 0 Å². The predicted molar refractivity (Wildman–Crippen MR) is 129 cm³/mol. The summed E-state index contributed by atoms with van der Waals surface area (Å²) in [5, 5.41) is 12.5. The molecule has 0 atom stereocenters. The smallest absolute Gasteiger partial charge is 0.192 e. The van der Waals surface area contributed by atoms with E-state index in [1.807, 2.05) is 31.2 Å². The molecular formula is C24H23FN4O2S2. The number of thiazole rings is 1. The van der Waals surface area contributed by atoms with Gasteiger partial charge in [-0.2, -0.15) is 0 Å². The average molecular weight is 483 g/mol. The van der Waals surface area contributed by atoms with E-state index >= 15 is 0 Å². The van der Waals surface area contributed by atoms with E-state index in [-0.39, 0.29) is 5.82 Å². The highest BCUT2D eigenvalue weighted by atomic mass is 32.2. The van der Waals surface area contributed by atoms with Crippen molar-refractivity contribution < 1.29 is 13.9 Å². The lowest BCUT2D eigenvalue weighted by Gasteiger charge is -2.10. The van der Waals surface area contributed by atoms with Gasteiger partial charge in [-0.1, -0.05) is 23.9 Å². The van der Waals surface area contributed by atoms with E-state index < -0.39 is 0 Å². The summed E-state index contributed by atoms with van der Waals surface area (Å²) in [6, 6.07) is 12.9. The largest absolute Gasteiger partial charge is 0.493 e. The monoisotopic (exact) mass is 482 g/mol. The first-order chi connectivity index (χ1) is 16.2. The van der Waals surface area contributed by atoms with Crippen LogP contribution in [0.25, 0.3) is 22.0 Å². The van der Waals surface area contributed by atoms with Gasteiger partial charge >= 0.3 is 0 Å². The van der Waals surface area contributed by atoms with Gasteiger partial charge < -0.3 is 9.47 Å². The SMILES string of the molecule is CCOc1ccc(-c2nc(CSc3nnc(-c4ccccc4F)n3C3CC3)cs2)cc1OC. The van der Waals surface area contributed by atoms with E-state index in [2.05, 4.69) is 20.1 Å². The number of aromatic nitrogens is 4. The van der Waals surface area contributed by atoms with Crippen molar-refractivity contribution in [2.75, 3.05) is 13.7 Å². The van der Waals surface area contributed by atoms with Crippen LogP contribution in [0.3, 0.4) is 0 Å². The van der Waals surface area contributed by atoms with E-state index in [9.17, 15) is 4.39 Å². The topological polar surface area (TPSA) is 62.1 Å². The van der Waals surface area contributed by atoms with E-state index in [4.69, 9.17) is 14.5 Å². The Bertz CT molecular complexity index is 1270. The van der Waals surface area contributed by atoms with E-state index in [1.165, 1.54) is 6.07 Å². The second-order valence-corrected chi connectivity index (χ2v) is 9.42. The third kappa shape index (κ3) is 4.60. The van der Waals surface area contributed by atoms with Gasteiger partial charge in [0, 0.05) is 22.7 Å². The molecule has 0 unspecified atom stereocenters. The molecule has 1 fully saturated rings. The van der Waals surface area contributed by atoms with Crippen molar-refractivity contribution in [1.82, 2.24) is 19.7 Å². The fourth-order valence-electron chi connectivity index (χ4n) is 3.58. The van der Waals surface area contributed by atoms with E-state index in [0.29, 0.717) is 35.5 Å². The summed E-state index contributed by atoms with van der Waals surface area (Å²) in [6.45, 7) is 2.53. The molecule has 0 spiro atoms. The normalized spacial score (nSPS) is 13.3. The van der Waals surface area contributed by atoms with Crippen LogP contribution in [0.5, 0.6) is 11.5 Å². The second kappa shape index (κ2) is 9.52. The van der Waals surface area contributed by atoms with Crippen molar-refractivity contribution in [3.8, 4) is 33.5 Å². The highest BCUT2D eigenvalue weighted by Crippen LogP contribution is 2.42. The summed E-state index contributed by atoms with van der Waals surface area (Å²) in [5.41, 5.74) is 2.44. The number of ether oxygens (including phenoxy) is 2. The molecule has 2 heterocycles. The molecule has 1 saturated carbocycles. The first-order valence-corrected chi connectivity index (χ1v) is 12.6. The number of hydrogen-bond acceptors (Lipinski definition) is 7. The Balaban J connectivity index is 1.34. The van der Waals surface area contributed by atoms with Crippen molar-refractivity contribution in [2.45, 2.75) is 36.7 Å². The summed E-state index contributed by atoms with van der Waals surface area (Å²) in [6.07, 6.45) is 2.13. The molecule has 1 aliphatic carbocycles. The van der Waals surface area contributed by atoms with Crippen LogP contribution in [0, 0.1) is 5.82 Å². The fourth-order valence-corrected chi connectivity index (χ4v) is 5.40. The zero-order valence-electron chi connectivity index (χ0n) is 18.3. The molecule has 0 bridgehead atoms. The molecule has 0 aliphatic heterocycles. The van der Waals surface area contributed by atoms with Crippen LogP contribution in [-0.2, 0) is 5.75 Å². The molecule has 6 nitrogen and oxygen atoms in total. The van der Waals surface area contributed by atoms with Crippen molar-refractivity contribution in [1.29, 1.82) is 0 Å². The molecule has 0 saturated heterocycles. The number of benzene rings is 2. The lowest BCUT2D eigenvalue weighted by molar-refractivity contribution is 0.311. The number of methoxy groups -OCH3 is 1. The Morgan fingerprint density at radius 3 is 2.76 bits per heavy atom. The number of halogens is 1. The maximum Gasteiger partial charge on any atom is 0.192 e. The highest BCUT2D eigenvalue weighted by molar-refractivity contribution is 7.98. The number of hydrogen-bond donors (Lipinski definition) is 0. The molecule has 9 heteroatoms. The third-order valence-electron chi connectivity index (χ3n) is 5.30. The molecule has 33 heavy (non-hydrogen) atoms. The highest BCUT2D eigenvalue weighted by Gasteiger charge is 2.31. The lowest BCUT2D eigenvalue weighted by Crippen LogP contribution is -2.01. The first kappa shape index (κ1) is 21.9. The van der Waals surface area contributed by atoms with Crippen LogP contribution in [0.4, 0.5) is 4.39 Å². The van der Waals surface area contributed by atoms with Crippen LogP contribution in [-0.4, -0.2) is 33.5 Å². The minimum Gasteiger partial charge on any atom is -0.493 e. The fraction of sp³-hybridized carbons (Fsp3) is 0.292. The molecule has 2 aromatic heterocycles. The van der Waals surface area contributed by atoms with Gasteiger partial charge in [-0.05, 0) is 50.1 Å². The van der Waals surface area contributed by atoms with Gasteiger partial charge in [-0.25, -0.2) is 9.37 Å². The summed E-state index contributed by atoms with van der Waals surface area (Å²) in [4.78, 5) is 4.80. The molecule has 0 N–H and O–H groups in total. The Kier molecular flexibility index (Phi) is 6.32. The van der Waals surface area contributed by atoms with Crippen LogP contribution >= 0.6 is 23.1 Å². The van der Waals surface area contributed by atoms with Gasteiger partial charge in [0.2, 0.25) is 0 Å². The second-order valence-electron chi connectivity index (χ2n) is 7.62. The van der Waals surface area contributed by atoms with Crippen LogP contribution < -0.4 is 9.47 Å². The summed E-state index contributed by atoms with van der Waals surface area (Å²) in [7, 11) is 1.64. The Labute approximate surface area is 199 Å². The van der Waals surface area contributed by atoms with Crippen LogP contribution in [0.1, 0.15) is 31.5 Å². The number of nitrogens with zero attached hydrogens (tertiary/aromatic N) is 4. The molecule has 1 aliphatic rings. The lowest BCUT2D eigenvalue weighted by atomic mass is 10.2. The van der Waals surface area contributed by atoms with E-state index in [0.717, 1.165) is 40.0 Å². The molecule has 0 radical (unpaired) electrons. The van der Waals surface area contributed by atoms with Gasteiger partial charge in [0.15, 0.2) is 22.5 Å². The first-order valence-electron chi connectivity index (χ1n) is 10.8. The van der Waals surface area contributed by atoms with Crippen LogP contribution in [0.2, 0.25) is 0 Å². The van der Waals surface area contributed by atoms with Crippen molar-refractivity contribution in [3.05, 3.63) is 59.4 Å². The predicted octanol–water partition coefficient (Wildman–Crippen LogP) is 6.24. The third-order valence-corrected chi connectivity index (χ3v) is 7.22. The molecule has 170 valence electrons. The Hall–Kier alpha value is -2.91. The average Bonchev–Trinajstić information content (AvgIpc) is 3.40. The zero-order chi connectivity index (χ0) is 22.8. The number of rotatable bonds is 9. The molecule has 2 aromatic carbocycles. The maximum absolute atomic E-state index is 14.4. The van der Waals surface area contributed by atoms with Gasteiger partial charge in [0.25, 0.3) is 0 Å². The molecule has 0 amide bonds. The maximum atomic E-state index is 14.4. The van der Waals surface area contributed by atoms with Gasteiger partial charge in [-0.15, -0.1) is 21.5 Å². The minimum atomic E-state index is -0.279. The van der Waals surface area contributed by atoms with Crippen molar-refractivity contribution >= 4 is 23.1 Å². The number of thioether (sulfide) groups is 1. The Morgan fingerprint density at radius 1 is 1.15 bits per heavy atom. The summed E-state index contributed by atoms with van der Waals surface area (Å²) >= 11 is 3.17.